The fourth-order valence-corrected chi connectivity index (χ4v) is 1.63. The molecule has 1 heterocycles. The quantitative estimate of drug-likeness (QED) is 0.781. The Hall–Kier alpha value is -2.50. The Kier molecular flexibility index (Phi) is 4.24. The standard InChI is InChI=1S/C14H15NO5/c1-9-4-13(20-15-9)8-19-14(16)10-5-11(17-2)7-12(6-10)18-3/h4-7H,8H2,1-3H3. The molecule has 0 radical (unpaired) electrons. The predicted molar refractivity (Wildman–Crippen MR) is 69.9 cm³/mol. The van der Waals surface area contributed by atoms with Gasteiger partial charge in [0, 0.05) is 12.1 Å². The first-order valence-electron chi connectivity index (χ1n) is 5.94. The molecule has 2 rings (SSSR count). The molecule has 0 saturated heterocycles. The van der Waals surface area contributed by atoms with Crippen molar-refractivity contribution in [2.24, 2.45) is 0 Å². The first-order chi connectivity index (χ1) is 9.62. The number of aryl methyl sites for hydroxylation is 1. The van der Waals surface area contributed by atoms with Crippen LogP contribution in [0.25, 0.3) is 0 Å². The molecule has 6 heteroatoms. The third-order valence-corrected chi connectivity index (χ3v) is 2.61. The number of benzene rings is 1. The number of hydrogen-bond donors (Lipinski definition) is 0. The smallest absolute Gasteiger partial charge is 0.338 e. The van der Waals surface area contributed by atoms with Crippen LogP contribution in [0.2, 0.25) is 0 Å². The van der Waals surface area contributed by atoms with E-state index in [-0.39, 0.29) is 6.61 Å². The molecule has 106 valence electrons. The van der Waals surface area contributed by atoms with Crippen LogP contribution >= 0.6 is 0 Å². The average molecular weight is 277 g/mol. The molecule has 0 unspecified atom stereocenters. The molecule has 2 aromatic rings. The SMILES string of the molecule is COc1cc(OC)cc(C(=O)OCc2cc(C)no2)c1. The first kappa shape index (κ1) is 13.9. The van der Waals surface area contributed by atoms with E-state index in [0.717, 1.165) is 5.69 Å². The largest absolute Gasteiger partial charge is 0.497 e. The van der Waals surface area contributed by atoms with Crippen LogP contribution in [0.3, 0.4) is 0 Å². The van der Waals surface area contributed by atoms with Crippen molar-refractivity contribution in [3.05, 3.63) is 41.3 Å². The normalized spacial score (nSPS) is 10.2. The Balaban J connectivity index is 2.08. The molecule has 0 N–H and O–H groups in total. The van der Waals surface area contributed by atoms with Gasteiger partial charge in [0.25, 0.3) is 0 Å². The van der Waals surface area contributed by atoms with Crippen LogP contribution in [-0.4, -0.2) is 25.3 Å². The van der Waals surface area contributed by atoms with E-state index in [1.54, 1.807) is 31.2 Å². The van der Waals surface area contributed by atoms with Gasteiger partial charge in [0.2, 0.25) is 0 Å². The summed E-state index contributed by atoms with van der Waals surface area (Å²) in [5.41, 5.74) is 1.08. The van der Waals surface area contributed by atoms with Crippen LogP contribution in [0.1, 0.15) is 21.8 Å². The maximum absolute atomic E-state index is 12.0. The highest BCUT2D eigenvalue weighted by Crippen LogP contribution is 2.23. The van der Waals surface area contributed by atoms with E-state index >= 15 is 0 Å². The maximum Gasteiger partial charge on any atom is 0.338 e. The average Bonchev–Trinajstić information content (AvgIpc) is 2.89. The van der Waals surface area contributed by atoms with Crippen molar-refractivity contribution < 1.29 is 23.5 Å². The molecule has 0 aliphatic heterocycles. The lowest BCUT2D eigenvalue weighted by Crippen LogP contribution is -2.05. The van der Waals surface area contributed by atoms with E-state index in [9.17, 15) is 4.79 Å². The molecule has 20 heavy (non-hydrogen) atoms. The van der Waals surface area contributed by atoms with Crippen molar-refractivity contribution in [1.82, 2.24) is 5.16 Å². The molecule has 0 bridgehead atoms. The maximum atomic E-state index is 12.0. The monoisotopic (exact) mass is 277 g/mol. The summed E-state index contributed by atoms with van der Waals surface area (Å²) in [5.74, 6) is 1.04. The van der Waals surface area contributed by atoms with Gasteiger partial charge in [0.05, 0.1) is 25.5 Å². The summed E-state index contributed by atoms with van der Waals surface area (Å²) in [5, 5.41) is 3.72. The minimum Gasteiger partial charge on any atom is -0.497 e. The highest BCUT2D eigenvalue weighted by Gasteiger charge is 2.12. The van der Waals surface area contributed by atoms with Gasteiger partial charge >= 0.3 is 5.97 Å². The van der Waals surface area contributed by atoms with Gasteiger partial charge in [-0.2, -0.15) is 0 Å². The molecule has 1 aromatic carbocycles. The fourth-order valence-electron chi connectivity index (χ4n) is 1.63. The number of aromatic nitrogens is 1. The van der Waals surface area contributed by atoms with E-state index in [4.69, 9.17) is 18.7 Å². The van der Waals surface area contributed by atoms with Crippen LogP contribution in [-0.2, 0) is 11.3 Å². The van der Waals surface area contributed by atoms with E-state index < -0.39 is 5.97 Å². The summed E-state index contributed by atoms with van der Waals surface area (Å²) in [6, 6.07) is 6.54. The van der Waals surface area contributed by atoms with Crippen molar-refractivity contribution in [1.29, 1.82) is 0 Å². The zero-order valence-electron chi connectivity index (χ0n) is 11.5. The summed E-state index contributed by atoms with van der Waals surface area (Å²) in [6.45, 7) is 1.82. The molecule has 0 spiro atoms. The molecular weight excluding hydrogens is 262 g/mol. The van der Waals surface area contributed by atoms with Crippen LogP contribution in [0.5, 0.6) is 11.5 Å². The van der Waals surface area contributed by atoms with Crippen molar-refractivity contribution in [2.45, 2.75) is 13.5 Å². The zero-order valence-corrected chi connectivity index (χ0v) is 11.5. The van der Waals surface area contributed by atoms with Crippen molar-refractivity contribution in [2.75, 3.05) is 14.2 Å². The van der Waals surface area contributed by atoms with Gasteiger partial charge in [-0.1, -0.05) is 5.16 Å². The zero-order chi connectivity index (χ0) is 14.5. The van der Waals surface area contributed by atoms with E-state index in [1.165, 1.54) is 14.2 Å². The first-order valence-corrected chi connectivity index (χ1v) is 5.94. The van der Waals surface area contributed by atoms with Gasteiger partial charge in [-0.05, 0) is 19.1 Å². The van der Waals surface area contributed by atoms with Crippen molar-refractivity contribution >= 4 is 5.97 Å². The van der Waals surface area contributed by atoms with Crippen LogP contribution in [0.4, 0.5) is 0 Å². The van der Waals surface area contributed by atoms with Gasteiger partial charge in [0.1, 0.15) is 11.5 Å². The lowest BCUT2D eigenvalue weighted by Gasteiger charge is -2.08. The number of carbonyl (C=O) groups excluding carboxylic acids is 1. The minimum atomic E-state index is -0.490. The van der Waals surface area contributed by atoms with Gasteiger partial charge in [-0.25, -0.2) is 4.79 Å². The summed E-state index contributed by atoms with van der Waals surface area (Å²) in [4.78, 5) is 12.0. The molecule has 0 aliphatic carbocycles. The van der Waals surface area contributed by atoms with Crippen LogP contribution < -0.4 is 9.47 Å². The van der Waals surface area contributed by atoms with Crippen LogP contribution in [0.15, 0.2) is 28.8 Å². The molecule has 0 atom stereocenters. The molecule has 0 fully saturated rings. The Labute approximate surface area is 116 Å². The lowest BCUT2D eigenvalue weighted by atomic mass is 10.2. The Morgan fingerprint density at radius 1 is 1.15 bits per heavy atom. The summed E-state index contributed by atoms with van der Waals surface area (Å²) >= 11 is 0. The van der Waals surface area contributed by atoms with Crippen molar-refractivity contribution in [3.63, 3.8) is 0 Å². The number of carbonyl (C=O) groups is 1. The lowest BCUT2D eigenvalue weighted by molar-refractivity contribution is 0.0436. The number of hydrogen-bond acceptors (Lipinski definition) is 6. The molecular formula is C14H15NO5. The molecule has 6 nitrogen and oxygen atoms in total. The van der Waals surface area contributed by atoms with Gasteiger partial charge in [0.15, 0.2) is 12.4 Å². The van der Waals surface area contributed by atoms with E-state index in [0.29, 0.717) is 22.8 Å². The number of esters is 1. The third kappa shape index (κ3) is 3.28. The second-order valence-corrected chi connectivity index (χ2v) is 4.11. The van der Waals surface area contributed by atoms with E-state index in [2.05, 4.69) is 5.16 Å². The van der Waals surface area contributed by atoms with Gasteiger partial charge in [-0.15, -0.1) is 0 Å². The Morgan fingerprint density at radius 2 is 1.80 bits per heavy atom. The van der Waals surface area contributed by atoms with Gasteiger partial charge < -0.3 is 18.7 Å². The van der Waals surface area contributed by atoms with Crippen molar-refractivity contribution in [3.8, 4) is 11.5 Å². The number of nitrogens with zero attached hydrogens (tertiary/aromatic N) is 1. The Morgan fingerprint density at radius 3 is 2.30 bits per heavy atom. The number of rotatable bonds is 5. The summed E-state index contributed by atoms with van der Waals surface area (Å²) in [7, 11) is 3.03. The summed E-state index contributed by atoms with van der Waals surface area (Å²) in [6.07, 6.45) is 0. The summed E-state index contributed by atoms with van der Waals surface area (Å²) < 4.78 is 20.3. The fraction of sp³-hybridized carbons (Fsp3) is 0.286. The van der Waals surface area contributed by atoms with E-state index in [1.807, 2.05) is 0 Å². The Bertz CT molecular complexity index is 583. The minimum absolute atomic E-state index is 0.0270. The molecule has 1 aromatic heterocycles. The number of ether oxygens (including phenoxy) is 3. The second-order valence-electron chi connectivity index (χ2n) is 4.11. The third-order valence-electron chi connectivity index (χ3n) is 2.61. The molecule has 0 amide bonds. The second kappa shape index (κ2) is 6.10. The highest BCUT2D eigenvalue weighted by molar-refractivity contribution is 5.90. The predicted octanol–water partition coefficient (Wildman–Crippen LogP) is 2.36. The van der Waals surface area contributed by atoms with Crippen LogP contribution in [0, 0.1) is 6.92 Å². The number of methoxy groups -OCH3 is 2. The molecule has 0 aliphatic rings. The molecule has 0 saturated carbocycles. The highest BCUT2D eigenvalue weighted by atomic mass is 16.5. The topological polar surface area (TPSA) is 70.8 Å². The van der Waals surface area contributed by atoms with Gasteiger partial charge in [-0.3, -0.25) is 0 Å².